The fraction of sp³-hybridized carbons (Fsp3) is 0.167. The number of aromatic amines is 1. The second kappa shape index (κ2) is 5.49. The first-order chi connectivity index (χ1) is 10.1. The Hall–Kier alpha value is -1.87. The van der Waals surface area contributed by atoms with Crippen LogP contribution in [0.4, 0.5) is 0 Å². The molecule has 2 nitrogen and oxygen atoms in total. The molecule has 0 spiro atoms. The van der Waals surface area contributed by atoms with E-state index >= 15 is 0 Å². The van der Waals surface area contributed by atoms with E-state index in [1.165, 1.54) is 5.56 Å². The van der Waals surface area contributed by atoms with Crippen molar-refractivity contribution in [2.24, 2.45) is 0 Å². The van der Waals surface area contributed by atoms with Crippen LogP contribution in [0.25, 0.3) is 10.9 Å². The molecule has 0 aliphatic heterocycles. The highest BCUT2D eigenvalue weighted by Crippen LogP contribution is 2.27. The van der Waals surface area contributed by atoms with Gasteiger partial charge in [-0.25, -0.2) is 0 Å². The van der Waals surface area contributed by atoms with Crippen LogP contribution in [0.15, 0.2) is 47.1 Å². The fourth-order valence-electron chi connectivity index (χ4n) is 2.70. The molecule has 0 fully saturated rings. The Morgan fingerprint density at radius 3 is 2.67 bits per heavy atom. The molecule has 3 rings (SSSR count). The summed E-state index contributed by atoms with van der Waals surface area (Å²) in [5.74, 6) is 0.0632. The SMILES string of the molecule is CCc1cccc2c(C(=O)c3cccc(Br)c3C)c[nH]c12. The molecule has 3 heteroatoms. The Morgan fingerprint density at radius 2 is 1.90 bits per heavy atom. The zero-order valence-corrected chi connectivity index (χ0v) is 13.6. The van der Waals surface area contributed by atoms with Gasteiger partial charge < -0.3 is 4.98 Å². The van der Waals surface area contributed by atoms with E-state index in [1.807, 2.05) is 43.5 Å². The van der Waals surface area contributed by atoms with Gasteiger partial charge >= 0.3 is 0 Å². The molecule has 0 aliphatic carbocycles. The summed E-state index contributed by atoms with van der Waals surface area (Å²) >= 11 is 3.49. The van der Waals surface area contributed by atoms with Crippen LogP contribution in [-0.2, 0) is 6.42 Å². The molecule has 1 aromatic heterocycles. The number of carbonyl (C=O) groups excluding carboxylic acids is 1. The largest absolute Gasteiger partial charge is 0.360 e. The van der Waals surface area contributed by atoms with Gasteiger partial charge in [-0.2, -0.15) is 0 Å². The number of hydrogen-bond acceptors (Lipinski definition) is 1. The lowest BCUT2D eigenvalue weighted by atomic mass is 9.98. The topological polar surface area (TPSA) is 32.9 Å². The van der Waals surface area contributed by atoms with Gasteiger partial charge in [0.15, 0.2) is 5.78 Å². The molecule has 0 unspecified atom stereocenters. The van der Waals surface area contributed by atoms with Gasteiger partial charge in [0.2, 0.25) is 0 Å². The molecule has 3 aromatic rings. The average molecular weight is 342 g/mol. The van der Waals surface area contributed by atoms with Gasteiger partial charge in [0, 0.05) is 32.7 Å². The molecule has 0 saturated carbocycles. The molecule has 21 heavy (non-hydrogen) atoms. The maximum Gasteiger partial charge on any atom is 0.195 e. The summed E-state index contributed by atoms with van der Waals surface area (Å²) in [6.45, 7) is 4.08. The van der Waals surface area contributed by atoms with Gasteiger partial charge in [-0.3, -0.25) is 4.79 Å². The Balaban J connectivity index is 2.17. The molecular weight excluding hydrogens is 326 g/mol. The normalized spacial score (nSPS) is 11.0. The molecule has 0 atom stereocenters. The van der Waals surface area contributed by atoms with E-state index in [2.05, 4.69) is 33.9 Å². The van der Waals surface area contributed by atoms with Crippen molar-refractivity contribution >= 4 is 32.6 Å². The van der Waals surface area contributed by atoms with Crippen LogP contribution in [0.2, 0.25) is 0 Å². The van der Waals surface area contributed by atoms with E-state index in [0.717, 1.165) is 38.5 Å². The number of H-pyrrole nitrogens is 1. The first-order valence-corrected chi connectivity index (χ1v) is 7.81. The number of hydrogen-bond donors (Lipinski definition) is 1. The number of halogens is 1. The van der Waals surface area contributed by atoms with E-state index in [1.54, 1.807) is 0 Å². The van der Waals surface area contributed by atoms with Crippen LogP contribution in [0.1, 0.15) is 34.0 Å². The van der Waals surface area contributed by atoms with Gasteiger partial charge in [-0.05, 0) is 30.5 Å². The molecule has 0 amide bonds. The second-order valence-corrected chi connectivity index (χ2v) is 5.99. The number of ketones is 1. The van der Waals surface area contributed by atoms with Gasteiger partial charge in [0.1, 0.15) is 0 Å². The number of fused-ring (bicyclic) bond motifs is 1. The molecule has 1 heterocycles. The van der Waals surface area contributed by atoms with Crippen molar-refractivity contribution in [3.8, 4) is 0 Å². The summed E-state index contributed by atoms with van der Waals surface area (Å²) in [6.07, 6.45) is 2.77. The van der Waals surface area contributed by atoms with Gasteiger partial charge in [-0.1, -0.05) is 53.2 Å². The minimum absolute atomic E-state index is 0.0632. The van der Waals surface area contributed by atoms with Crippen LogP contribution in [0.3, 0.4) is 0 Å². The number of benzene rings is 2. The molecule has 0 bridgehead atoms. The maximum absolute atomic E-state index is 12.9. The van der Waals surface area contributed by atoms with Gasteiger partial charge in [0.25, 0.3) is 0 Å². The highest BCUT2D eigenvalue weighted by Gasteiger charge is 2.17. The summed E-state index contributed by atoms with van der Waals surface area (Å²) in [7, 11) is 0. The number of nitrogens with one attached hydrogen (secondary N) is 1. The predicted molar refractivity (Wildman–Crippen MR) is 90.0 cm³/mol. The van der Waals surface area contributed by atoms with Crippen molar-refractivity contribution in [2.75, 3.05) is 0 Å². The average Bonchev–Trinajstić information content (AvgIpc) is 2.93. The molecule has 1 N–H and O–H groups in total. The van der Waals surface area contributed by atoms with Crippen LogP contribution >= 0.6 is 15.9 Å². The Bertz CT molecular complexity index is 832. The highest BCUT2D eigenvalue weighted by atomic mass is 79.9. The monoisotopic (exact) mass is 341 g/mol. The molecule has 106 valence electrons. The molecular formula is C18H16BrNO. The second-order valence-electron chi connectivity index (χ2n) is 5.14. The third-order valence-corrected chi connectivity index (χ3v) is 4.80. The lowest BCUT2D eigenvalue weighted by molar-refractivity contribution is 0.103. The quantitative estimate of drug-likeness (QED) is 0.665. The molecule has 2 aromatic carbocycles. The lowest BCUT2D eigenvalue weighted by Gasteiger charge is -2.06. The smallest absolute Gasteiger partial charge is 0.195 e. The molecule has 0 saturated heterocycles. The Morgan fingerprint density at radius 1 is 1.14 bits per heavy atom. The van der Waals surface area contributed by atoms with E-state index in [4.69, 9.17) is 0 Å². The van der Waals surface area contributed by atoms with Crippen molar-refractivity contribution in [1.82, 2.24) is 4.98 Å². The van der Waals surface area contributed by atoms with E-state index in [0.29, 0.717) is 0 Å². The minimum atomic E-state index is 0.0632. The van der Waals surface area contributed by atoms with Crippen molar-refractivity contribution in [3.05, 3.63) is 69.3 Å². The molecule has 0 radical (unpaired) electrons. The number of rotatable bonds is 3. The van der Waals surface area contributed by atoms with Gasteiger partial charge in [0.05, 0.1) is 0 Å². The highest BCUT2D eigenvalue weighted by molar-refractivity contribution is 9.10. The Labute approximate surface area is 132 Å². The summed E-state index contributed by atoms with van der Waals surface area (Å²) in [4.78, 5) is 16.1. The fourth-order valence-corrected chi connectivity index (χ4v) is 3.06. The summed E-state index contributed by atoms with van der Waals surface area (Å²) in [5, 5.41) is 0.999. The zero-order chi connectivity index (χ0) is 15.0. The number of carbonyl (C=O) groups is 1. The predicted octanol–water partition coefficient (Wildman–Crippen LogP) is 5.03. The summed E-state index contributed by atoms with van der Waals surface area (Å²) < 4.78 is 0.961. The number of aromatic nitrogens is 1. The van der Waals surface area contributed by atoms with Crippen molar-refractivity contribution in [3.63, 3.8) is 0 Å². The van der Waals surface area contributed by atoms with Crippen LogP contribution in [-0.4, -0.2) is 10.8 Å². The van der Waals surface area contributed by atoms with Crippen LogP contribution < -0.4 is 0 Å². The zero-order valence-electron chi connectivity index (χ0n) is 12.0. The number of aryl methyl sites for hydroxylation is 1. The standard InChI is InChI=1S/C18H16BrNO/c1-3-12-6-4-8-14-15(10-20-17(12)14)18(21)13-7-5-9-16(19)11(13)2/h4-10,20H,3H2,1-2H3. The Kier molecular flexibility index (Phi) is 3.68. The van der Waals surface area contributed by atoms with Crippen molar-refractivity contribution in [2.45, 2.75) is 20.3 Å². The minimum Gasteiger partial charge on any atom is -0.360 e. The first-order valence-electron chi connectivity index (χ1n) is 7.02. The third kappa shape index (κ3) is 2.32. The molecule has 0 aliphatic rings. The third-order valence-electron chi connectivity index (χ3n) is 3.94. The van der Waals surface area contributed by atoms with Crippen molar-refractivity contribution in [1.29, 1.82) is 0 Å². The van der Waals surface area contributed by atoms with Crippen LogP contribution in [0, 0.1) is 6.92 Å². The van der Waals surface area contributed by atoms with E-state index in [9.17, 15) is 4.79 Å². The summed E-state index contributed by atoms with van der Waals surface area (Å²) in [6, 6.07) is 11.8. The van der Waals surface area contributed by atoms with E-state index < -0.39 is 0 Å². The van der Waals surface area contributed by atoms with E-state index in [-0.39, 0.29) is 5.78 Å². The van der Waals surface area contributed by atoms with Crippen LogP contribution in [0.5, 0.6) is 0 Å². The maximum atomic E-state index is 12.9. The lowest BCUT2D eigenvalue weighted by Crippen LogP contribution is -2.03. The van der Waals surface area contributed by atoms with Gasteiger partial charge in [-0.15, -0.1) is 0 Å². The van der Waals surface area contributed by atoms with Crippen molar-refractivity contribution < 1.29 is 4.79 Å². The first kappa shape index (κ1) is 14.1. The summed E-state index contributed by atoms with van der Waals surface area (Å²) in [5.41, 5.74) is 4.76. The number of para-hydroxylation sites is 1.